The van der Waals surface area contributed by atoms with Gasteiger partial charge in [0.2, 0.25) is 0 Å². The number of sulfonamides is 1. The van der Waals surface area contributed by atoms with E-state index in [2.05, 4.69) is 10.3 Å². The van der Waals surface area contributed by atoms with Gasteiger partial charge in [0.05, 0.1) is 10.6 Å². The van der Waals surface area contributed by atoms with Crippen LogP contribution in [0.15, 0.2) is 33.6 Å². The summed E-state index contributed by atoms with van der Waals surface area (Å²) in [5.74, 6) is 1.23. The standard InChI is InChI=1S/C15H19N3O4S/c1-10-4-6-13(7-5-10)23(20,21)18-15(19)16-9-8-14-11(2)17-12(3)22-14/h4-7H,8-9H2,1-3H3,(H2,16,18,19). The lowest BCUT2D eigenvalue weighted by Gasteiger charge is -2.08. The summed E-state index contributed by atoms with van der Waals surface area (Å²) < 4.78 is 31.4. The molecule has 1 aromatic heterocycles. The van der Waals surface area contributed by atoms with Crippen LogP contribution in [0.3, 0.4) is 0 Å². The van der Waals surface area contributed by atoms with Gasteiger partial charge in [0.1, 0.15) is 5.76 Å². The number of rotatable bonds is 5. The second-order valence-electron chi connectivity index (χ2n) is 5.17. The Hall–Kier alpha value is -2.35. The molecule has 2 rings (SSSR count). The fourth-order valence-electron chi connectivity index (χ4n) is 2.03. The first-order valence-corrected chi connectivity index (χ1v) is 8.56. The van der Waals surface area contributed by atoms with E-state index >= 15 is 0 Å². The van der Waals surface area contributed by atoms with Crippen molar-refractivity contribution in [1.29, 1.82) is 0 Å². The summed E-state index contributed by atoms with van der Waals surface area (Å²) in [6.45, 7) is 5.65. The molecule has 0 aliphatic rings. The fourth-order valence-corrected chi connectivity index (χ4v) is 2.96. The van der Waals surface area contributed by atoms with Crippen molar-refractivity contribution in [3.63, 3.8) is 0 Å². The lowest BCUT2D eigenvalue weighted by molar-refractivity contribution is 0.245. The minimum Gasteiger partial charge on any atom is -0.446 e. The van der Waals surface area contributed by atoms with E-state index in [4.69, 9.17) is 4.42 Å². The first-order chi connectivity index (χ1) is 10.8. The van der Waals surface area contributed by atoms with Crippen LogP contribution in [0.4, 0.5) is 4.79 Å². The maximum absolute atomic E-state index is 12.0. The number of nitrogens with zero attached hydrogens (tertiary/aromatic N) is 1. The van der Waals surface area contributed by atoms with Crippen molar-refractivity contribution in [2.24, 2.45) is 0 Å². The number of aromatic nitrogens is 1. The monoisotopic (exact) mass is 337 g/mol. The molecule has 0 radical (unpaired) electrons. The Morgan fingerprint density at radius 1 is 1.17 bits per heavy atom. The quantitative estimate of drug-likeness (QED) is 0.867. The molecule has 1 heterocycles. The highest BCUT2D eigenvalue weighted by molar-refractivity contribution is 7.90. The third-order valence-electron chi connectivity index (χ3n) is 3.20. The molecular formula is C15H19N3O4S. The van der Waals surface area contributed by atoms with E-state index in [1.54, 1.807) is 19.1 Å². The van der Waals surface area contributed by atoms with Gasteiger partial charge in [0, 0.05) is 19.9 Å². The van der Waals surface area contributed by atoms with Crippen molar-refractivity contribution >= 4 is 16.1 Å². The van der Waals surface area contributed by atoms with Gasteiger partial charge < -0.3 is 9.73 Å². The van der Waals surface area contributed by atoms with Gasteiger partial charge in [0.25, 0.3) is 10.0 Å². The molecule has 0 unspecified atom stereocenters. The second-order valence-corrected chi connectivity index (χ2v) is 6.85. The summed E-state index contributed by atoms with van der Waals surface area (Å²) in [4.78, 5) is 15.9. The number of carbonyl (C=O) groups excluding carboxylic acids is 1. The zero-order valence-electron chi connectivity index (χ0n) is 13.2. The van der Waals surface area contributed by atoms with Gasteiger partial charge in [-0.05, 0) is 26.0 Å². The summed E-state index contributed by atoms with van der Waals surface area (Å²) in [7, 11) is -3.87. The van der Waals surface area contributed by atoms with Gasteiger partial charge >= 0.3 is 6.03 Å². The van der Waals surface area contributed by atoms with E-state index < -0.39 is 16.1 Å². The molecule has 0 fully saturated rings. The van der Waals surface area contributed by atoms with Gasteiger partial charge in [-0.1, -0.05) is 17.7 Å². The fraction of sp³-hybridized carbons (Fsp3) is 0.333. The SMILES string of the molecule is Cc1ccc(S(=O)(=O)NC(=O)NCCc2oc(C)nc2C)cc1. The number of oxazole rings is 1. The average molecular weight is 337 g/mol. The maximum Gasteiger partial charge on any atom is 0.328 e. The van der Waals surface area contributed by atoms with Gasteiger partial charge in [-0.15, -0.1) is 0 Å². The Morgan fingerprint density at radius 2 is 1.83 bits per heavy atom. The molecule has 0 saturated heterocycles. The van der Waals surface area contributed by atoms with Crippen LogP contribution in [-0.2, 0) is 16.4 Å². The predicted octanol–water partition coefficient (Wildman–Crippen LogP) is 1.83. The van der Waals surface area contributed by atoms with Crippen molar-refractivity contribution in [2.75, 3.05) is 6.54 Å². The molecule has 2 aromatic rings. The number of hydrogen-bond acceptors (Lipinski definition) is 5. The highest BCUT2D eigenvalue weighted by Crippen LogP contribution is 2.10. The Kier molecular flexibility index (Phi) is 5.05. The first-order valence-electron chi connectivity index (χ1n) is 7.08. The van der Waals surface area contributed by atoms with E-state index in [0.717, 1.165) is 11.3 Å². The highest BCUT2D eigenvalue weighted by atomic mass is 32.2. The molecule has 2 amide bonds. The number of benzene rings is 1. The topological polar surface area (TPSA) is 101 Å². The number of hydrogen-bond donors (Lipinski definition) is 2. The molecule has 0 spiro atoms. The molecule has 1 aromatic carbocycles. The molecule has 0 atom stereocenters. The van der Waals surface area contributed by atoms with Crippen LogP contribution in [0.2, 0.25) is 0 Å². The third kappa shape index (κ3) is 4.56. The van der Waals surface area contributed by atoms with Crippen LogP contribution >= 0.6 is 0 Å². The van der Waals surface area contributed by atoms with Crippen LogP contribution < -0.4 is 10.0 Å². The molecule has 2 N–H and O–H groups in total. The number of urea groups is 1. The normalized spacial score (nSPS) is 11.3. The smallest absolute Gasteiger partial charge is 0.328 e. The number of carbonyl (C=O) groups is 1. The van der Waals surface area contributed by atoms with Crippen molar-refractivity contribution in [2.45, 2.75) is 32.1 Å². The van der Waals surface area contributed by atoms with Gasteiger partial charge in [-0.25, -0.2) is 22.9 Å². The molecule has 0 saturated carbocycles. The molecule has 23 heavy (non-hydrogen) atoms. The van der Waals surface area contributed by atoms with Crippen LogP contribution in [0.25, 0.3) is 0 Å². The minimum absolute atomic E-state index is 0.0416. The van der Waals surface area contributed by atoms with Crippen LogP contribution in [0.1, 0.15) is 22.9 Å². The summed E-state index contributed by atoms with van der Waals surface area (Å²) in [6.07, 6.45) is 0.435. The van der Waals surface area contributed by atoms with Gasteiger partial charge in [0.15, 0.2) is 5.89 Å². The zero-order valence-corrected chi connectivity index (χ0v) is 14.0. The Labute approximate surface area is 135 Å². The molecule has 0 bridgehead atoms. The summed E-state index contributed by atoms with van der Waals surface area (Å²) in [6, 6.07) is 5.46. The minimum atomic E-state index is -3.87. The second kappa shape index (κ2) is 6.82. The summed E-state index contributed by atoms with van der Waals surface area (Å²) in [5, 5.41) is 2.49. The van der Waals surface area contributed by atoms with E-state index in [1.165, 1.54) is 12.1 Å². The average Bonchev–Trinajstić information content (AvgIpc) is 2.77. The van der Waals surface area contributed by atoms with Gasteiger partial charge in [-0.2, -0.15) is 0 Å². The van der Waals surface area contributed by atoms with E-state index in [9.17, 15) is 13.2 Å². The Bertz CT molecular complexity index is 795. The lowest BCUT2D eigenvalue weighted by Crippen LogP contribution is -2.40. The molecule has 0 aliphatic heterocycles. The number of aryl methyl sites for hydroxylation is 3. The van der Waals surface area contributed by atoms with Crippen molar-refractivity contribution in [1.82, 2.24) is 15.0 Å². The maximum atomic E-state index is 12.0. The molecule has 8 heteroatoms. The van der Waals surface area contributed by atoms with Crippen molar-refractivity contribution in [3.05, 3.63) is 47.2 Å². The first kappa shape index (κ1) is 17.0. The Morgan fingerprint density at radius 3 is 2.39 bits per heavy atom. The van der Waals surface area contributed by atoms with E-state index in [1.807, 2.05) is 18.6 Å². The van der Waals surface area contributed by atoms with Crippen molar-refractivity contribution in [3.8, 4) is 0 Å². The van der Waals surface area contributed by atoms with Crippen LogP contribution in [0.5, 0.6) is 0 Å². The molecule has 7 nitrogen and oxygen atoms in total. The molecule has 124 valence electrons. The third-order valence-corrected chi connectivity index (χ3v) is 4.54. The summed E-state index contributed by atoms with van der Waals surface area (Å²) in [5.41, 5.74) is 1.70. The van der Waals surface area contributed by atoms with Crippen LogP contribution in [-0.4, -0.2) is 26.0 Å². The summed E-state index contributed by atoms with van der Waals surface area (Å²) >= 11 is 0. The van der Waals surface area contributed by atoms with E-state index in [0.29, 0.717) is 18.1 Å². The number of nitrogens with one attached hydrogen (secondary N) is 2. The molecular weight excluding hydrogens is 318 g/mol. The zero-order chi connectivity index (χ0) is 17.0. The van der Waals surface area contributed by atoms with E-state index in [-0.39, 0.29) is 11.4 Å². The molecule has 0 aliphatic carbocycles. The Balaban J connectivity index is 1.89. The van der Waals surface area contributed by atoms with Gasteiger partial charge in [-0.3, -0.25) is 0 Å². The predicted molar refractivity (Wildman–Crippen MR) is 84.6 cm³/mol. The van der Waals surface area contributed by atoms with Crippen LogP contribution in [0, 0.1) is 20.8 Å². The number of amides is 2. The lowest BCUT2D eigenvalue weighted by atomic mass is 10.2. The largest absolute Gasteiger partial charge is 0.446 e. The highest BCUT2D eigenvalue weighted by Gasteiger charge is 2.17. The van der Waals surface area contributed by atoms with Crippen molar-refractivity contribution < 1.29 is 17.6 Å².